The second-order valence-corrected chi connectivity index (χ2v) is 5.60. The van der Waals surface area contributed by atoms with Crippen LogP contribution in [-0.4, -0.2) is 36.8 Å². The minimum atomic E-state index is -0.107. The average molecular weight is 249 g/mol. The predicted molar refractivity (Wildman–Crippen MR) is 73.8 cm³/mol. The molecule has 0 aliphatic carbocycles. The third-order valence-electron chi connectivity index (χ3n) is 3.16. The number of hydrogen-bond donors (Lipinski definition) is 1. The smallest absolute Gasteiger partial charge is 0.0805 e. The molecule has 0 amide bonds. The van der Waals surface area contributed by atoms with Crippen LogP contribution >= 0.6 is 0 Å². The number of anilines is 1. The lowest BCUT2D eigenvalue weighted by Crippen LogP contribution is -2.52. The van der Waals surface area contributed by atoms with E-state index in [0.29, 0.717) is 0 Å². The summed E-state index contributed by atoms with van der Waals surface area (Å²) in [4.78, 5) is 6.65. The van der Waals surface area contributed by atoms with Crippen molar-refractivity contribution in [3.05, 3.63) is 24.0 Å². The van der Waals surface area contributed by atoms with E-state index >= 15 is 0 Å². The summed E-state index contributed by atoms with van der Waals surface area (Å²) in [5.41, 5.74) is 2.40. The Morgan fingerprint density at radius 1 is 1.56 bits per heavy atom. The molecule has 18 heavy (non-hydrogen) atoms. The van der Waals surface area contributed by atoms with Gasteiger partial charge in [0.25, 0.3) is 0 Å². The van der Waals surface area contributed by atoms with Gasteiger partial charge in [-0.3, -0.25) is 4.98 Å². The predicted octanol–water partition coefficient (Wildman–Crippen LogP) is 1.80. The molecule has 1 fully saturated rings. The van der Waals surface area contributed by atoms with E-state index in [-0.39, 0.29) is 11.7 Å². The van der Waals surface area contributed by atoms with Crippen molar-refractivity contribution in [3.8, 4) is 0 Å². The van der Waals surface area contributed by atoms with E-state index in [1.807, 2.05) is 19.4 Å². The first-order chi connectivity index (χ1) is 8.52. The maximum Gasteiger partial charge on any atom is 0.0805 e. The Hall–Kier alpha value is -1.13. The number of rotatable bonds is 3. The topological polar surface area (TPSA) is 37.4 Å². The fourth-order valence-electron chi connectivity index (χ4n) is 2.68. The monoisotopic (exact) mass is 249 g/mol. The first kappa shape index (κ1) is 13.3. The quantitative estimate of drug-likeness (QED) is 0.886. The normalized spacial score (nSPS) is 23.1. The van der Waals surface area contributed by atoms with Crippen LogP contribution in [0.15, 0.2) is 18.5 Å². The molecule has 1 aliphatic rings. The van der Waals surface area contributed by atoms with Gasteiger partial charge in [-0.05, 0) is 39.4 Å². The van der Waals surface area contributed by atoms with Gasteiger partial charge in [0, 0.05) is 25.8 Å². The van der Waals surface area contributed by atoms with Crippen LogP contribution in [0.4, 0.5) is 5.69 Å². The Bertz CT molecular complexity index is 406. The lowest BCUT2D eigenvalue weighted by molar-refractivity contribution is -0.0750. The standard InChI is InChI=1S/C14H23N3O/c1-11-9-17(10-14(2,3)18-11)13-8-16-6-5-12(13)7-15-4/h5-6,8,11,15H,7,9-10H2,1-4H3. The highest BCUT2D eigenvalue weighted by Gasteiger charge is 2.32. The minimum absolute atomic E-state index is 0.107. The van der Waals surface area contributed by atoms with E-state index in [1.165, 1.54) is 11.3 Å². The van der Waals surface area contributed by atoms with Gasteiger partial charge in [-0.15, -0.1) is 0 Å². The van der Waals surface area contributed by atoms with Gasteiger partial charge in [-0.25, -0.2) is 0 Å². The second-order valence-electron chi connectivity index (χ2n) is 5.60. The molecule has 4 heteroatoms. The molecule has 1 saturated heterocycles. The molecule has 0 saturated carbocycles. The van der Waals surface area contributed by atoms with Crippen molar-refractivity contribution >= 4 is 5.69 Å². The first-order valence-corrected chi connectivity index (χ1v) is 6.52. The van der Waals surface area contributed by atoms with Crippen LogP contribution in [0.2, 0.25) is 0 Å². The first-order valence-electron chi connectivity index (χ1n) is 6.52. The fraction of sp³-hybridized carbons (Fsp3) is 0.643. The molecule has 2 heterocycles. The number of pyridine rings is 1. The van der Waals surface area contributed by atoms with Crippen LogP contribution in [0.25, 0.3) is 0 Å². The highest BCUT2D eigenvalue weighted by molar-refractivity contribution is 5.52. The van der Waals surface area contributed by atoms with Gasteiger partial charge in [0.05, 0.1) is 23.6 Å². The Morgan fingerprint density at radius 3 is 3.00 bits per heavy atom. The van der Waals surface area contributed by atoms with Crippen molar-refractivity contribution in [2.75, 3.05) is 25.0 Å². The van der Waals surface area contributed by atoms with Crippen LogP contribution in [0.1, 0.15) is 26.3 Å². The molecule has 1 atom stereocenters. The molecule has 0 bridgehead atoms. The minimum Gasteiger partial charge on any atom is -0.369 e. The maximum atomic E-state index is 5.95. The van der Waals surface area contributed by atoms with Crippen molar-refractivity contribution in [2.45, 2.75) is 39.0 Å². The molecule has 1 N–H and O–H groups in total. The van der Waals surface area contributed by atoms with E-state index in [9.17, 15) is 0 Å². The molecule has 1 aromatic heterocycles. The largest absolute Gasteiger partial charge is 0.369 e. The fourth-order valence-corrected chi connectivity index (χ4v) is 2.68. The molecule has 0 radical (unpaired) electrons. The summed E-state index contributed by atoms with van der Waals surface area (Å²) >= 11 is 0. The van der Waals surface area contributed by atoms with E-state index in [0.717, 1.165) is 19.6 Å². The number of morpholine rings is 1. The molecular weight excluding hydrogens is 226 g/mol. The zero-order valence-corrected chi connectivity index (χ0v) is 11.7. The average Bonchev–Trinajstić information content (AvgIpc) is 2.27. The summed E-state index contributed by atoms with van der Waals surface area (Å²) in [6.45, 7) is 9.10. The molecule has 1 aromatic rings. The molecule has 1 unspecified atom stereocenters. The van der Waals surface area contributed by atoms with Crippen molar-refractivity contribution in [1.82, 2.24) is 10.3 Å². The highest BCUT2D eigenvalue weighted by atomic mass is 16.5. The summed E-state index contributed by atoms with van der Waals surface area (Å²) in [5, 5.41) is 3.21. The van der Waals surface area contributed by atoms with Gasteiger partial charge in [0.1, 0.15) is 0 Å². The van der Waals surface area contributed by atoms with Crippen LogP contribution < -0.4 is 10.2 Å². The molecule has 100 valence electrons. The lowest BCUT2D eigenvalue weighted by Gasteiger charge is -2.43. The molecule has 0 aromatic carbocycles. The summed E-state index contributed by atoms with van der Waals surface area (Å²) in [6, 6.07) is 2.08. The molecule has 4 nitrogen and oxygen atoms in total. The van der Waals surface area contributed by atoms with Crippen LogP contribution in [0.3, 0.4) is 0 Å². The van der Waals surface area contributed by atoms with Crippen molar-refractivity contribution < 1.29 is 4.74 Å². The Morgan fingerprint density at radius 2 is 2.33 bits per heavy atom. The van der Waals surface area contributed by atoms with Crippen LogP contribution in [-0.2, 0) is 11.3 Å². The zero-order chi connectivity index (χ0) is 13.2. The number of hydrogen-bond acceptors (Lipinski definition) is 4. The van der Waals surface area contributed by atoms with Gasteiger partial charge in [-0.1, -0.05) is 0 Å². The molecule has 1 aliphatic heterocycles. The third kappa shape index (κ3) is 3.00. The number of aromatic nitrogens is 1. The zero-order valence-electron chi connectivity index (χ0n) is 11.7. The molecule has 2 rings (SSSR count). The third-order valence-corrected chi connectivity index (χ3v) is 3.16. The summed E-state index contributed by atoms with van der Waals surface area (Å²) in [5.74, 6) is 0. The Labute approximate surface area is 109 Å². The molecule has 0 spiro atoms. The van der Waals surface area contributed by atoms with Crippen molar-refractivity contribution in [3.63, 3.8) is 0 Å². The van der Waals surface area contributed by atoms with E-state index < -0.39 is 0 Å². The number of nitrogens with zero attached hydrogens (tertiary/aromatic N) is 2. The molecular formula is C14H23N3O. The van der Waals surface area contributed by atoms with Gasteiger partial charge in [0.15, 0.2) is 0 Å². The highest BCUT2D eigenvalue weighted by Crippen LogP contribution is 2.27. The SMILES string of the molecule is CNCc1ccncc1N1CC(C)OC(C)(C)C1. The second kappa shape index (κ2) is 5.24. The van der Waals surface area contributed by atoms with E-state index in [2.05, 4.69) is 42.0 Å². The van der Waals surface area contributed by atoms with E-state index in [1.54, 1.807) is 0 Å². The number of ether oxygens (including phenoxy) is 1. The van der Waals surface area contributed by atoms with Gasteiger partial charge < -0.3 is 15.0 Å². The Kier molecular flexibility index (Phi) is 3.88. The van der Waals surface area contributed by atoms with Gasteiger partial charge in [0.2, 0.25) is 0 Å². The van der Waals surface area contributed by atoms with Gasteiger partial charge >= 0.3 is 0 Å². The summed E-state index contributed by atoms with van der Waals surface area (Å²) in [7, 11) is 1.97. The van der Waals surface area contributed by atoms with Gasteiger partial charge in [-0.2, -0.15) is 0 Å². The Balaban J connectivity index is 2.25. The van der Waals surface area contributed by atoms with E-state index in [4.69, 9.17) is 4.74 Å². The maximum absolute atomic E-state index is 5.95. The van der Waals surface area contributed by atoms with Crippen LogP contribution in [0, 0.1) is 0 Å². The summed E-state index contributed by atoms with van der Waals surface area (Å²) in [6.07, 6.45) is 4.06. The van der Waals surface area contributed by atoms with Crippen molar-refractivity contribution in [2.24, 2.45) is 0 Å². The lowest BCUT2D eigenvalue weighted by atomic mass is 10.0. The van der Waals surface area contributed by atoms with Crippen molar-refractivity contribution in [1.29, 1.82) is 0 Å². The van der Waals surface area contributed by atoms with Crippen LogP contribution in [0.5, 0.6) is 0 Å². The number of nitrogens with one attached hydrogen (secondary N) is 1. The summed E-state index contributed by atoms with van der Waals surface area (Å²) < 4.78 is 5.95.